The van der Waals surface area contributed by atoms with Gasteiger partial charge in [-0.25, -0.2) is 0 Å². The maximum atomic E-state index is 8.74. The van der Waals surface area contributed by atoms with E-state index < -0.39 is 31.2 Å². The Balaban J connectivity index is -0.0000000277. The molecule has 0 amide bonds. The Bertz CT molecular complexity index is 341. The van der Waals surface area contributed by atoms with Gasteiger partial charge in [-0.2, -0.15) is 25.3 Å². The quantitative estimate of drug-likeness (QED) is 0.151. The Morgan fingerprint density at radius 3 is 0.444 bits per heavy atom. The topological polar surface area (TPSA) is 255 Å². The van der Waals surface area contributed by atoms with E-state index in [0.717, 1.165) is 0 Å². The molecule has 0 spiro atoms. The van der Waals surface area contributed by atoms with Gasteiger partial charge in [0.1, 0.15) is 0 Å². The molecule has 0 aromatic carbocycles. The van der Waals surface area contributed by atoms with E-state index in [1.165, 1.54) is 0 Å². The third-order valence-electron chi connectivity index (χ3n) is 0. The fourth-order valence-corrected chi connectivity index (χ4v) is 0. The predicted molar refractivity (Wildman–Crippen MR) is 46.1 cm³/mol. The molecule has 118 valence electrons. The zero-order valence-electron chi connectivity index (χ0n) is 7.61. The van der Waals surface area contributed by atoms with E-state index in [4.69, 9.17) is 52.6 Å². The van der Waals surface area contributed by atoms with E-state index in [2.05, 4.69) is 0 Å². The minimum absolute atomic E-state index is 0. The summed E-state index contributed by atoms with van der Waals surface area (Å²) < 4.78 is 94.8. The second-order valence-corrected chi connectivity index (χ2v) is 4.03. The van der Waals surface area contributed by atoms with Crippen molar-refractivity contribution in [2.45, 2.75) is 0 Å². The largest absolute Gasteiger partial charge is 0.412 e. The van der Waals surface area contributed by atoms with Crippen molar-refractivity contribution < 1.29 is 157 Å². The molecule has 0 aliphatic carbocycles. The molecule has 18 heteroatoms. The van der Waals surface area contributed by atoms with Crippen molar-refractivity contribution in [3.63, 3.8) is 0 Å². The summed E-state index contributed by atoms with van der Waals surface area (Å²) in [6, 6.07) is 0. The number of rotatable bonds is 0. The fourth-order valence-electron chi connectivity index (χ4n) is 0. The van der Waals surface area contributed by atoms with Gasteiger partial charge in [0, 0.05) is 98.8 Å². The van der Waals surface area contributed by atoms with Gasteiger partial charge in [0.2, 0.25) is 0 Å². The maximum absolute atomic E-state index is 8.74. The fraction of sp³-hybridized carbons (Fsp3) is 0. The Morgan fingerprint density at radius 2 is 0.444 bits per heavy atom. The maximum Gasteiger partial charge on any atom is 0.394 e. The van der Waals surface area contributed by atoms with Crippen LogP contribution in [0.1, 0.15) is 0 Å². The first-order valence-electron chi connectivity index (χ1n) is 2.10. The van der Waals surface area contributed by atoms with Crippen LogP contribution in [0.2, 0.25) is 0 Å². The first-order valence-corrected chi connectivity index (χ1v) is 6.29. The van der Waals surface area contributed by atoms with Crippen LogP contribution in [0.15, 0.2) is 0 Å². The van der Waals surface area contributed by atoms with Crippen LogP contribution in [0.5, 0.6) is 0 Å². The van der Waals surface area contributed by atoms with E-state index in [0.29, 0.717) is 0 Å². The number of hydrogen-bond donors (Lipinski definition) is 6. The zero-order valence-corrected chi connectivity index (χ0v) is 14.9. The molecule has 0 aliphatic heterocycles. The second-order valence-electron chi connectivity index (χ2n) is 1.34. The molecule has 8 N–H and O–H groups in total. The van der Waals surface area contributed by atoms with Gasteiger partial charge in [-0.3, -0.25) is 27.3 Å². The summed E-state index contributed by atoms with van der Waals surface area (Å²) in [7, 11) is -14.0. The third kappa shape index (κ3) is 786. The second kappa shape index (κ2) is 16.1. The summed E-state index contributed by atoms with van der Waals surface area (Å²) in [5.41, 5.74) is 0. The van der Waals surface area contributed by atoms with Gasteiger partial charge in [0.25, 0.3) is 0 Å². The van der Waals surface area contributed by atoms with Crippen LogP contribution in [-0.4, -0.2) is 58.0 Å². The minimum Gasteiger partial charge on any atom is -0.412 e. The molecule has 2 radical (unpaired) electrons. The molecule has 0 unspecified atom stereocenters. The molecule has 0 saturated heterocycles. The molecular weight excluding hydrogens is 608 g/mol. The zero-order chi connectivity index (χ0) is 13.5. The molecule has 0 aromatic rings. The average Bonchev–Trinajstić information content (AvgIpc) is 1.41. The monoisotopic (exact) mass is 618 g/mol. The smallest absolute Gasteiger partial charge is 0.394 e. The first-order chi connectivity index (χ1) is 6.00. The first kappa shape index (κ1) is 37.2. The van der Waals surface area contributed by atoms with E-state index in [9.17, 15) is 0 Å². The van der Waals surface area contributed by atoms with Crippen molar-refractivity contribution in [1.29, 1.82) is 0 Å². The van der Waals surface area contributed by atoms with E-state index in [-0.39, 0.29) is 104 Å². The Morgan fingerprint density at radius 1 is 0.444 bits per heavy atom. The van der Waals surface area contributed by atoms with Crippen LogP contribution in [-0.2, 0) is 31.2 Å². The van der Waals surface area contributed by atoms with Crippen molar-refractivity contribution in [2.24, 2.45) is 0 Å². The molecule has 0 saturated carbocycles. The van der Waals surface area contributed by atoms with E-state index in [1.54, 1.807) is 0 Å². The summed E-state index contributed by atoms with van der Waals surface area (Å²) in [5, 5.41) is 0. The molecule has 13 nitrogen and oxygen atoms in total. The van der Waals surface area contributed by atoms with Gasteiger partial charge >= 0.3 is 31.2 Å². The molecule has 0 aromatic heterocycles. The summed E-state index contributed by atoms with van der Waals surface area (Å²) in [5.74, 6) is 0. The standard InChI is InChI=1S/2Eu.3H2O4S.H2O/c;;3*1-5(2,3)4;/h;;3*(H2,1,2,3,4);1H2. The summed E-state index contributed by atoms with van der Waals surface area (Å²) in [6.07, 6.45) is 0. The van der Waals surface area contributed by atoms with Crippen molar-refractivity contribution in [3.05, 3.63) is 0 Å². The molecule has 0 rings (SSSR count). The van der Waals surface area contributed by atoms with Crippen LogP contribution < -0.4 is 0 Å². The van der Waals surface area contributed by atoms with Crippen molar-refractivity contribution in [2.75, 3.05) is 0 Å². The molecule has 0 atom stereocenters. The summed E-state index contributed by atoms with van der Waals surface area (Å²) in [6.45, 7) is 0. The minimum atomic E-state index is -4.67. The predicted octanol–water partition coefficient (Wildman–Crippen LogP) is -2.78. The van der Waals surface area contributed by atoms with Crippen molar-refractivity contribution >= 4 is 31.2 Å². The molecule has 18 heavy (non-hydrogen) atoms. The Hall–Kier alpha value is 2.74. The van der Waals surface area contributed by atoms with Gasteiger partial charge in [0.05, 0.1) is 0 Å². The van der Waals surface area contributed by atoms with E-state index in [1.807, 2.05) is 0 Å². The molecular formula is H8Eu2O13S3. The Labute approximate surface area is 184 Å². The average molecular weight is 616 g/mol. The number of hydrogen-bond acceptors (Lipinski definition) is 6. The van der Waals surface area contributed by atoms with Crippen molar-refractivity contribution in [1.82, 2.24) is 0 Å². The summed E-state index contributed by atoms with van der Waals surface area (Å²) >= 11 is 0. The van der Waals surface area contributed by atoms with Gasteiger partial charge in [-0.15, -0.1) is 0 Å². The van der Waals surface area contributed by atoms with Crippen LogP contribution in [0.3, 0.4) is 0 Å². The van der Waals surface area contributed by atoms with Gasteiger partial charge < -0.3 is 5.48 Å². The molecule has 0 fully saturated rings. The van der Waals surface area contributed by atoms with Crippen LogP contribution in [0, 0.1) is 98.8 Å². The van der Waals surface area contributed by atoms with Crippen molar-refractivity contribution in [3.8, 4) is 0 Å². The molecule has 0 aliphatic rings. The SMILES string of the molecule is O.O=S(=O)(O)O.O=S(=O)(O)O.O=S(=O)(O)O.[Eu].[Eu]. The molecule has 0 bridgehead atoms. The van der Waals surface area contributed by atoms with Gasteiger partial charge in [0.15, 0.2) is 0 Å². The Kier molecular flexibility index (Phi) is 33.3. The normalized spacial score (nSPS) is 9.67. The van der Waals surface area contributed by atoms with Gasteiger partial charge in [-0.05, 0) is 0 Å². The van der Waals surface area contributed by atoms with Gasteiger partial charge in [-0.1, -0.05) is 0 Å². The van der Waals surface area contributed by atoms with Crippen LogP contribution >= 0.6 is 0 Å². The third-order valence-corrected chi connectivity index (χ3v) is 0. The molecule has 0 heterocycles. The van der Waals surface area contributed by atoms with Crippen LogP contribution in [0.4, 0.5) is 0 Å². The van der Waals surface area contributed by atoms with Crippen LogP contribution in [0.25, 0.3) is 0 Å². The summed E-state index contributed by atoms with van der Waals surface area (Å²) in [4.78, 5) is 0. The van der Waals surface area contributed by atoms with E-state index >= 15 is 0 Å².